The van der Waals surface area contributed by atoms with Gasteiger partial charge in [-0.1, -0.05) is 26.7 Å². The van der Waals surface area contributed by atoms with Gasteiger partial charge in [0.1, 0.15) is 0 Å². The van der Waals surface area contributed by atoms with Gasteiger partial charge in [0.25, 0.3) is 0 Å². The summed E-state index contributed by atoms with van der Waals surface area (Å²) in [5.74, 6) is 0.560. The van der Waals surface area contributed by atoms with Crippen LogP contribution in [0.2, 0.25) is 0 Å². The minimum atomic E-state index is -1.92. The minimum absolute atomic E-state index is 0.560. The second-order valence-electron chi connectivity index (χ2n) is 3.01. The van der Waals surface area contributed by atoms with Crippen molar-refractivity contribution in [1.82, 2.24) is 0 Å². The van der Waals surface area contributed by atoms with Gasteiger partial charge < -0.3 is 0 Å². The SMILES string of the molecule is CC1=[C-]C(C)C(C)=C1C.[Cl][Ti+]([Cl])[Cl]. The molecule has 0 amide bonds. The Morgan fingerprint density at radius 2 is 1.54 bits per heavy atom. The van der Waals surface area contributed by atoms with E-state index in [0.29, 0.717) is 5.92 Å². The molecule has 0 fully saturated rings. The molecule has 1 aliphatic rings. The van der Waals surface area contributed by atoms with E-state index in [1.807, 2.05) is 0 Å². The second-order valence-corrected chi connectivity index (χ2v) is 10.8. The van der Waals surface area contributed by atoms with Crippen molar-refractivity contribution in [2.75, 3.05) is 0 Å². The fraction of sp³-hybridized carbons (Fsp3) is 0.556. The molecule has 0 saturated carbocycles. The maximum absolute atomic E-state index is 4.97. The van der Waals surface area contributed by atoms with Crippen molar-refractivity contribution in [2.45, 2.75) is 27.7 Å². The first-order valence-electron chi connectivity index (χ1n) is 3.97. The Hall–Kier alpha value is 1.06. The fourth-order valence-electron chi connectivity index (χ4n) is 1.16. The molecule has 0 aromatic carbocycles. The molecule has 1 unspecified atom stereocenters. The van der Waals surface area contributed by atoms with E-state index in [0.717, 1.165) is 0 Å². The van der Waals surface area contributed by atoms with Crippen molar-refractivity contribution < 1.29 is 14.7 Å². The summed E-state index contributed by atoms with van der Waals surface area (Å²) in [5.41, 5.74) is 4.25. The predicted molar refractivity (Wildman–Crippen MR) is 57.5 cm³/mol. The van der Waals surface area contributed by atoms with Crippen LogP contribution in [0.5, 0.6) is 0 Å². The predicted octanol–water partition coefficient (Wildman–Crippen LogP) is 4.79. The summed E-state index contributed by atoms with van der Waals surface area (Å²) in [6, 6.07) is 0. The van der Waals surface area contributed by atoms with Crippen LogP contribution < -0.4 is 0 Å². The molecule has 0 spiro atoms. The summed E-state index contributed by atoms with van der Waals surface area (Å²) >= 11 is -1.92. The zero-order chi connectivity index (χ0) is 10.6. The molecule has 74 valence electrons. The number of rotatable bonds is 0. The van der Waals surface area contributed by atoms with E-state index in [9.17, 15) is 0 Å². The van der Waals surface area contributed by atoms with Gasteiger partial charge in [-0.05, 0) is 0 Å². The summed E-state index contributed by atoms with van der Waals surface area (Å²) in [6.07, 6.45) is 3.36. The zero-order valence-electron chi connectivity index (χ0n) is 8.21. The van der Waals surface area contributed by atoms with E-state index >= 15 is 0 Å². The fourth-order valence-corrected chi connectivity index (χ4v) is 1.16. The molecule has 1 rings (SSSR count). The monoisotopic (exact) mass is 274 g/mol. The molecule has 0 saturated heterocycles. The van der Waals surface area contributed by atoms with Gasteiger partial charge in [0.2, 0.25) is 0 Å². The van der Waals surface area contributed by atoms with E-state index in [1.165, 1.54) is 16.7 Å². The number of allylic oxidation sites excluding steroid dienone is 4. The van der Waals surface area contributed by atoms with Crippen molar-refractivity contribution in [3.63, 3.8) is 0 Å². The first kappa shape index (κ1) is 14.1. The van der Waals surface area contributed by atoms with E-state index in [-0.39, 0.29) is 0 Å². The van der Waals surface area contributed by atoms with Crippen LogP contribution in [0.3, 0.4) is 0 Å². The van der Waals surface area contributed by atoms with E-state index < -0.39 is 14.7 Å². The normalized spacial score (nSPS) is 20.8. The van der Waals surface area contributed by atoms with E-state index in [1.54, 1.807) is 0 Å². The standard InChI is InChI=1S/C9H13.3ClH.Ti/c1-6-5-7(2)9(4)8(6)3;;;;/h6H,1-4H3;3*1H;/q-1;;;;+4/p-3. The van der Waals surface area contributed by atoms with Gasteiger partial charge in [-0.2, -0.15) is 11.1 Å². The Morgan fingerprint density at radius 1 is 1.15 bits per heavy atom. The van der Waals surface area contributed by atoms with Crippen LogP contribution in [0.15, 0.2) is 16.7 Å². The van der Waals surface area contributed by atoms with Crippen LogP contribution in [-0.2, 0) is 14.7 Å². The first-order chi connectivity index (χ1) is 5.86. The molecule has 1 atom stereocenters. The summed E-state index contributed by atoms with van der Waals surface area (Å²) in [4.78, 5) is 0. The van der Waals surface area contributed by atoms with Gasteiger partial charge in [-0.25, -0.2) is 5.57 Å². The van der Waals surface area contributed by atoms with Gasteiger partial charge >= 0.3 is 42.6 Å². The van der Waals surface area contributed by atoms with Gasteiger partial charge in [0.15, 0.2) is 0 Å². The molecule has 0 aliphatic heterocycles. The Balaban J connectivity index is 0.000000310. The average Bonchev–Trinajstić information content (AvgIpc) is 2.17. The molecule has 4 heteroatoms. The molecule has 1 aliphatic carbocycles. The number of hydrogen-bond acceptors (Lipinski definition) is 0. The van der Waals surface area contributed by atoms with E-state index in [4.69, 9.17) is 27.9 Å². The van der Waals surface area contributed by atoms with Gasteiger partial charge in [-0.3, -0.25) is 6.08 Å². The summed E-state index contributed by atoms with van der Waals surface area (Å²) < 4.78 is 0. The molecule has 0 aromatic heterocycles. The summed E-state index contributed by atoms with van der Waals surface area (Å²) in [5, 5.41) is 0. The van der Waals surface area contributed by atoms with Crippen LogP contribution >= 0.6 is 27.9 Å². The molecule has 0 heterocycles. The molecular weight excluding hydrogens is 262 g/mol. The Labute approximate surface area is 98.4 Å². The van der Waals surface area contributed by atoms with Gasteiger partial charge in [0, 0.05) is 0 Å². The number of halogens is 3. The molecular formula is C9H13Cl3Ti. The first-order valence-corrected chi connectivity index (χ1v) is 10.4. The van der Waals surface area contributed by atoms with Crippen molar-refractivity contribution in [3.8, 4) is 0 Å². The molecule has 0 bridgehead atoms. The van der Waals surface area contributed by atoms with Crippen molar-refractivity contribution >= 4 is 27.9 Å². The molecule has 0 N–H and O–H groups in total. The quantitative estimate of drug-likeness (QED) is 0.440. The molecule has 0 aromatic rings. The zero-order valence-corrected chi connectivity index (χ0v) is 12.0. The summed E-state index contributed by atoms with van der Waals surface area (Å²) in [6.45, 7) is 8.67. The van der Waals surface area contributed by atoms with Crippen LogP contribution in [0, 0.1) is 12.0 Å². The average molecular weight is 275 g/mol. The molecule has 13 heavy (non-hydrogen) atoms. The molecule has 0 nitrogen and oxygen atoms in total. The van der Waals surface area contributed by atoms with Gasteiger partial charge in [0.05, 0.1) is 0 Å². The third-order valence-corrected chi connectivity index (χ3v) is 2.24. The Bertz CT molecular complexity index is 228. The summed E-state index contributed by atoms with van der Waals surface area (Å²) in [7, 11) is 14.9. The van der Waals surface area contributed by atoms with Crippen LogP contribution in [0.25, 0.3) is 0 Å². The second kappa shape index (κ2) is 6.53. The third-order valence-electron chi connectivity index (χ3n) is 2.24. The maximum atomic E-state index is 4.97. The van der Waals surface area contributed by atoms with Crippen molar-refractivity contribution in [2.24, 2.45) is 5.92 Å². The van der Waals surface area contributed by atoms with Crippen LogP contribution in [0.4, 0.5) is 0 Å². The van der Waals surface area contributed by atoms with Crippen LogP contribution in [0.1, 0.15) is 27.7 Å². The Kier molecular flexibility index (Phi) is 7.06. The van der Waals surface area contributed by atoms with Crippen molar-refractivity contribution in [3.05, 3.63) is 22.8 Å². The van der Waals surface area contributed by atoms with E-state index in [2.05, 4.69) is 33.8 Å². The Morgan fingerprint density at radius 3 is 1.62 bits per heavy atom. The molecule has 0 radical (unpaired) electrons. The van der Waals surface area contributed by atoms with Crippen molar-refractivity contribution in [1.29, 1.82) is 0 Å². The third kappa shape index (κ3) is 5.49. The van der Waals surface area contributed by atoms with Crippen LogP contribution in [-0.4, -0.2) is 0 Å². The topological polar surface area (TPSA) is 0 Å². The number of hydrogen-bond donors (Lipinski definition) is 0. The van der Waals surface area contributed by atoms with Gasteiger partial charge in [-0.15, -0.1) is 6.92 Å².